The van der Waals surface area contributed by atoms with Crippen LogP contribution in [0.15, 0.2) is 24.5 Å². The van der Waals surface area contributed by atoms with Crippen LogP contribution in [0.5, 0.6) is 0 Å². The van der Waals surface area contributed by atoms with Crippen LogP contribution in [0, 0.1) is 10.1 Å². The summed E-state index contributed by atoms with van der Waals surface area (Å²) in [6.45, 7) is 3.57. The predicted octanol–water partition coefficient (Wildman–Crippen LogP) is 3.80. The maximum atomic E-state index is 13.1. The molecule has 186 valence electrons. The number of carbonyl (C=O) groups is 2. The number of hydrogen-bond donors (Lipinski definition) is 1. The molecular formula is C23H23N7O5S. The molecule has 1 aliphatic carbocycles. The molecule has 4 heterocycles. The molecule has 12 nitrogen and oxygen atoms in total. The van der Waals surface area contributed by atoms with E-state index >= 15 is 0 Å². The molecule has 0 atom stereocenters. The maximum absolute atomic E-state index is 13.1. The minimum Gasteiger partial charge on any atom is -0.459 e. The summed E-state index contributed by atoms with van der Waals surface area (Å²) < 4.78 is 8.20. The van der Waals surface area contributed by atoms with Crippen molar-refractivity contribution in [2.75, 3.05) is 5.32 Å². The number of aromatic nitrogens is 5. The Kier molecular flexibility index (Phi) is 6.00. The standard InChI is InChI=1S/C23H23N7O5S/c1-12(2)35-23(32)19-13-6-4-5-7-17(13)36-22(19)25-21(31)15-10-18-24-14(8-9-29(18)26-15)20-16(30(33)34)11-28(3)27-20/h8-12H,4-7H2,1-3H3,(H,25,31). The third-order valence-corrected chi connectivity index (χ3v) is 6.96. The lowest BCUT2D eigenvalue weighted by molar-refractivity contribution is -0.384. The zero-order valence-corrected chi connectivity index (χ0v) is 20.7. The van der Waals surface area contributed by atoms with Gasteiger partial charge in [-0.05, 0) is 51.2 Å². The van der Waals surface area contributed by atoms with Crippen LogP contribution < -0.4 is 5.32 Å². The molecule has 4 aromatic rings. The third kappa shape index (κ3) is 4.33. The fourth-order valence-electron chi connectivity index (χ4n) is 4.22. The van der Waals surface area contributed by atoms with Gasteiger partial charge in [-0.1, -0.05) is 0 Å². The lowest BCUT2D eigenvalue weighted by atomic mass is 9.95. The van der Waals surface area contributed by atoms with Crippen molar-refractivity contribution in [3.63, 3.8) is 0 Å². The first-order valence-corrected chi connectivity index (χ1v) is 12.2. The molecule has 0 aromatic carbocycles. The molecule has 4 aromatic heterocycles. The second-order valence-electron chi connectivity index (χ2n) is 8.76. The molecule has 5 rings (SSSR count). The van der Waals surface area contributed by atoms with Gasteiger partial charge in [0.25, 0.3) is 5.91 Å². The number of fused-ring (bicyclic) bond motifs is 2. The largest absolute Gasteiger partial charge is 0.459 e. The summed E-state index contributed by atoms with van der Waals surface area (Å²) in [6, 6.07) is 3.03. The van der Waals surface area contributed by atoms with Crippen molar-refractivity contribution in [3.8, 4) is 11.4 Å². The number of nitrogens with one attached hydrogen (secondary N) is 1. The first kappa shape index (κ1) is 23.6. The highest BCUT2D eigenvalue weighted by Crippen LogP contribution is 2.39. The Hall–Kier alpha value is -4.13. The Balaban J connectivity index is 1.46. The summed E-state index contributed by atoms with van der Waals surface area (Å²) in [6.07, 6.45) is 6.22. The van der Waals surface area contributed by atoms with Crippen LogP contribution in [0.3, 0.4) is 0 Å². The van der Waals surface area contributed by atoms with E-state index in [0.717, 1.165) is 36.1 Å². The molecule has 0 bridgehead atoms. The van der Waals surface area contributed by atoms with Gasteiger partial charge in [-0.15, -0.1) is 11.3 Å². The van der Waals surface area contributed by atoms with Crippen molar-refractivity contribution < 1.29 is 19.2 Å². The molecule has 13 heteroatoms. The Morgan fingerprint density at radius 2 is 2.03 bits per heavy atom. The summed E-state index contributed by atoms with van der Waals surface area (Å²) in [5, 5.41) is 23.1. The van der Waals surface area contributed by atoms with Crippen LogP contribution >= 0.6 is 11.3 Å². The second kappa shape index (κ2) is 9.15. The van der Waals surface area contributed by atoms with E-state index in [-0.39, 0.29) is 28.9 Å². The zero-order chi connectivity index (χ0) is 25.6. The number of thiophene rings is 1. The highest BCUT2D eigenvalue weighted by atomic mass is 32.1. The van der Waals surface area contributed by atoms with Gasteiger partial charge in [0.1, 0.15) is 16.9 Å². The van der Waals surface area contributed by atoms with Crippen molar-refractivity contribution in [2.45, 2.75) is 45.6 Å². The van der Waals surface area contributed by atoms with Crippen molar-refractivity contribution >= 4 is 39.5 Å². The fraction of sp³-hybridized carbons (Fsp3) is 0.348. The van der Waals surface area contributed by atoms with Crippen molar-refractivity contribution in [2.24, 2.45) is 7.05 Å². The number of carbonyl (C=O) groups excluding carboxylic acids is 2. The molecule has 0 aliphatic heterocycles. The van der Waals surface area contributed by atoms with E-state index in [2.05, 4.69) is 20.5 Å². The van der Waals surface area contributed by atoms with E-state index in [9.17, 15) is 19.7 Å². The fourth-order valence-corrected chi connectivity index (χ4v) is 5.50. The minimum atomic E-state index is -0.522. The Morgan fingerprint density at radius 3 is 2.78 bits per heavy atom. The highest BCUT2D eigenvalue weighted by Gasteiger charge is 2.29. The van der Waals surface area contributed by atoms with Gasteiger partial charge in [0.05, 0.1) is 16.6 Å². The molecular weight excluding hydrogens is 486 g/mol. The van der Waals surface area contributed by atoms with Gasteiger partial charge in [-0.2, -0.15) is 10.2 Å². The van der Waals surface area contributed by atoms with Crippen LogP contribution in [-0.4, -0.2) is 47.3 Å². The molecule has 0 radical (unpaired) electrons. The highest BCUT2D eigenvalue weighted by molar-refractivity contribution is 7.17. The third-order valence-electron chi connectivity index (χ3n) is 5.75. The number of amides is 1. The lowest BCUT2D eigenvalue weighted by Gasteiger charge is -2.14. The number of ether oxygens (including phenoxy) is 1. The van der Waals surface area contributed by atoms with E-state index in [1.54, 1.807) is 33.2 Å². The van der Waals surface area contributed by atoms with Gasteiger partial charge in [0, 0.05) is 24.2 Å². The van der Waals surface area contributed by atoms with Gasteiger partial charge in [0.2, 0.25) is 0 Å². The predicted molar refractivity (Wildman–Crippen MR) is 131 cm³/mol. The molecule has 36 heavy (non-hydrogen) atoms. The first-order valence-electron chi connectivity index (χ1n) is 11.4. The van der Waals surface area contributed by atoms with Gasteiger partial charge >= 0.3 is 11.7 Å². The van der Waals surface area contributed by atoms with Crippen molar-refractivity contribution in [1.29, 1.82) is 0 Å². The number of aryl methyl sites for hydroxylation is 2. The second-order valence-corrected chi connectivity index (χ2v) is 9.87. The average Bonchev–Trinajstić information content (AvgIpc) is 3.52. The quantitative estimate of drug-likeness (QED) is 0.235. The van der Waals surface area contributed by atoms with Crippen molar-refractivity contribution in [3.05, 3.63) is 56.3 Å². The SMILES string of the molecule is CC(C)OC(=O)c1c(NC(=O)c2cc3nc(-c4nn(C)cc4[N+](=O)[O-])ccn3n2)sc2c1CCCC2. The lowest BCUT2D eigenvalue weighted by Crippen LogP contribution is -2.18. The number of esters is 1. The summed E-state index contributed by atoms with van der Waals surface area (Å²) in [4.78, 5) is 42.3. The molecule has 1 amide bonds. The molecule has 0 fully saturated rings. The smallest absolute Gasteiger partial charge is 0.341 e. The minimum absolute atomic E-state index is 0.0877. The van der Waals surface area contributed by atoms with Crippen LogP contribution in [0.1, 0.15) is 58.0 Å². The van der Waals surface area contributed by atoms with Crippen LogP contribution in [0.4, 0.5) is 10.7 Å². The zero-order valence-electron chi connectivity index (χ0n) is 19.8. The molecule has 0 spiro atoms. The van der Waals surface area contributed by atoms with Crippen LogP contribution in [-0.2, 0) is 24.6 Å². The van der Waals surface area contributed by atoms with Gasteiger partial charge in [-0.3, -0.25) is 19.6 Å². The first-order chi connectivity index (χ1) is 17.2. The summed E-state index contributed by atoms with van der Waals surface area (Å²) in [5.41, 5.74) is 2.01. The van der Waals surface area contributed by atoms with E-state index < -0.39 is 16.8 Å². The maximum Gasteiger partial charge on any atom is 0.341 e. The Bertz CT molecular complexity index is 1520. The van der Waals surface area contributed by atoms with Crippen molar-refractivity contribution in [1.82, 2.24) is 24.4 Å². The number of nitrogens with zero attached hydrogens (tertiary/aromatic N) is 6. The van der Waals surface area contributed by atoms with E-state index in [0.29, 0.717) is 16.2 Å². The van der Waals surface area contributed by atoms with E-state index in [1.165, 1.54) is 32.8 Å². The van der Waals surface area contributed by atoms with Gasteiger partial charge in [-0.25, -0.2) is 14.3 Å². The van der Waals surface area contributed by atoms with E-state index in [4.69, 9.17) is 4.74 Å². The summed E-state index contributed by atoms with van der Waals surface area (Å²) in [7, 11) is 1.59. The Morgan fingerprint density at radius 1 is 1.25 bits per heavy atom. The molecule has 0 unspecified atom stereocenters. The normalized spacial score (nSPS) is 13.1. The number of anilines is 1. The Labute approximate surface area is 209 Å². The molecule has 0 saturated heterocycles. The number of nitro groups is 1. The van der Waals surface area contributed by atoms with E-state index in [1.807, 2.05) is 0 Å². The number of hydrogen-bond acceptors (Lipinski definition) is 9. The summed E-state index contributed by atoms with van der Waals surface area (Å²) in [5.74, 6) is -0.943. The summed E-state index contributed by atoms with van der Waals surface area (Å²) >= 11 is 1.40. The van der Waals surface area contributed by atoms with Crippen LogP contribution in [0.25, 0.3) is 17.0 Å². The van der Waals surface area contributed by atoms with Gasteiger partial charge in [0.15, 0.2) is 17.0 Å². The topological polar surface area (TPSA) is 147 Å². The molecule has 1 aliphatic rings. The van der Waals surface area contributed by atoms with Gasteiger partial charge < -0.3 is 10.1 Å². The molecule has 0 saturated carbocycles. The van der Waals surface area contributed by atoms with Crippen LogP contribution in [0.2, 0.25) is 0 Å². The molecule has 1 N–H and O–H groups in total. The average molecular weight is 510 g/mol. The monoisotopic (exact) mass is 509 g/mol. The number of rotatable bonds is 6.